The highest BCUT2D eigenvalue weighted by molar-refractivity contribution is 5.77. The van der Waals surface area contributed by atoms with Gasteiger partial charge in [0.1, 0.15) is 19.2 Å². The lowest BCUT2D eigenvalue weighted by atomic mass is 10.1. The summed E-state index contributed by atoms with van der Waals surface area (Å²) in [6.07, 6.45) is 7.21. The van der Waals surface area contributed by atoms with Crippen molar-refractivity contribution in [2.45, 2.75) is 38.9 Å². The van der Waals surface area contributed by atoms with Crippen molar-refractivity contribution in [3.05, 3.63) is 54.9 Å². The molecule has 1 amide bonds. The lowest BCUT2D eigenvalue weighted by Crippen LogP contribution is -2.40. The molecule has 0 spiro atoms. The van der Waals surface area contributed by atoms with Crippen molar-refractivity contribution in [2.75, 3.05) is 6.54 Å². The van der Waals surface area contributed by atoms with Crippen LogP contribution in [0.25, 0.3) is 11.1 Å². The summed E-state index contributed by atoms with van der Waals surface area (Å²) in [6, 6.07) is 10.3. The number of carbonyl (C=O) groups is 1. The van der Waals surface area contributed by atoms with Crippen LogP contribution >= 0.6 is 0 Å². The molecule has 0 N–H and O–H groups in total. The number of hydrogen-bond donors (Lipinski definition) is 0. The molecule has 134 valence electrons. The molecule has 0 saturated carbocycles. The summed E-state index contributed by atoms with van der Waals surface area (Å²) in [4.78, 5) is 18.8. The minimum atomic E-state index is 0.106. The fourth-order valence-electron chi connectivity index (χ4n) is 3.63. The highest BCUT2D eigenvalue weighted by atomic mass is 16.2. The molecule has 1 aliphatic rings. The molecule has 1 aromatic carbocycles. The van der Waals surface area contributed by atoms with Crippen LogP contribution in [-0.4, -0.2) is 47.9 Å². The fraction of sp³-hybridized carbons (Fsp3) is 0.368. The number of nitrogens with zero attached hydrogens (tertiary/aromatic N) is 6. The largest absolute Gasteiger partial charge is 0.336 e. The Morgan fingerprint density at radius 1 is 1.23 bits per heavy atom. The predicted octanol–water partition coefficient (Wildman–Crippen LogP) is 2.14. The van der Waals surface area contributed by atoms with Crippen LogP contribution in [0.3, 0.4) is 0 Å². The van der Waals surface area contributed by atoms with E-state index in [0.717, 1.165) is 36.2 Å². The molecule has 0 radical (unpaired) electrons. The summed E-state index contributed by atoms with van der Waals surface area (Å²) in [5, 5.41) is 8.70. The zero-order chi connectivity index (χ0) is 17.9. The maximum absolute atomic E-state index is 12.8. The van der Waals surface area contributed by atoms with Crippen molar-refractivity contribution in [2.24, 2.45) is 0 Å². The first-order valence-electron chi connectivity index (χ1n) is 8.92. The number of aryl methyl sites for hydroxylation is 1. The number of rotatable bonds is 5. The third-order valence-corrected chi connectivity index (χ3v) is 4.89. The molecule has 7 nitrogen and oxygen atoms in total. The van der Waals surface area contributed by atoms with E-state index in [0.29, 0.717) is 6.54 Å². The molecule has 2 aromatic heterocycles. The molecule has 1 atom stereocenters. The molecule has 7 heteroatoms. The van der Waals surface area contributed by atoms with Gasteiger partial charge in [0.05, 0.1) is 18.3 Å². The second-order valence-electron chi connectivity index (χ2n) is 6.69. The Kier molecular flexibility index (Phi) is 4.51. The topological polar surface area (TPSA) is 68.8 Å². The molecule has 26 heavy (non-hydrogen) atoms. The molecule has 4 rings (SSSR count). The lowest BCUT2D eigenvalue weighted by molar-refractivity contribution is -0.133. The zero-order valence-electron chi connectivity index (χ0n) is 14.8. The number of likely N-dealkylation sites (tertiary alicyclic amines) is 1. The zero-order valence-corrected chi connectivity index (χ0v) is 14.8. The van der Waals surface area contributed by atoms with Gasteiger partial charge >= 0.3 is 0 Å². The average Bonchev–Trinajstić information content (AvgIpc) is 3.38. The van der Waals surface area contributed by atoms with Crippen LogP contribution in [0.4, 0.5) is 0 Å². The van der Waals surface area contributed by atoms with Crippen molar-refractivity contribution in [3.63, 3.8) is 0 Å². The monoisotopic (exact) mass is 350 g/mol. The number of benzene rings is 1. The third-order valence-electron chi connectivity index (χ3n) is 4.89. The first kappa shape index (κ1) is 16.5. The van der Waals surface area contributed by atoms with Crippen LogP contribution in [0.5, 0.6) is 0 Å². The molecule has 3 aromatic rings. The van der Waals surface area contributed by atoms with Gasteiger partial charge in [0, 0.05) is 18.3 Å². The van der Waals surface area contributed by atoms with E-state index in [-0.39, 0.29) is 18.5 Å². The Morgan fingerprint density at radius 2 is 2.08 bits per heavy atom. The van der Waals surface area contributed by atoms with Gasteiger partial charge in [-0.25, -0.2) is 4.98 Å². The van der Waals surface area contributed by atoms with Crippen LogP contribution in [-0.2, 0) is 17.9 Å². The van der Waals surface area contributed by atoms with Crippen LogP contribution in [0, 0.1) is 6.92 Å². The highest BCUT2D eigenvalue weighted by Crippen LogP contribution is 2.23. The van der Waals surface area contributed by atoms with E-state index < -0.39 is 0 Å². The van der Waals surface area contributed by atoms with Crippen molar-refractivity contribution < 1.29 is 4.79 Å². The average molecular weight is 350 g/mol. The van der Waals surface area contributed by atoms with Gasteiger partial charge in [-0.2, -0.15) is 10.2 Å². The summed E-state index contributed by atoms with van der Waals surface area (Å²) in [5.74, 6) is 0.106. The van der Waals surface area contributed by atoms with Gasteiger partial charge in [0.25, 0.3) is 0 Å². The van der Waals surface area contributed by atoms with Gasteiger partial charge in [-0.3, -0.25) is 14.2 Å². The number of aromatic nitrogens is 5. The first-order valence-corrected chi connectivity index (χ1v) is 8.92. The number of hydrogen-bond acceptors (Lipinski definition) is 4. The second kappa shape index (κ2) is 7.11. The molecule has 1 aliphatic heterocycles. The summed E-state index contributed by atoms with van der Waals surface area (Å²) >= 11 is 0. The Hall–Kier alpha value is -2.96. The Bertz CT molecular complexity index is 871. The van der Waals surface area contributed by atoms with E-state index >= 15 is 0 Å². The molecule has 1 saturated heterocycles. The van der Waals surface area contributed by atoms with Crippen LogP contribution < -0.4 is 0 Å². The molecule has 1 unspecified atom stereocenters. The predicted molar refractivity (Wildman–Crippen MR) is 97.2 cm³/mol. The van der Waals surface area contributed by atoms with Crippen molar-refractivity contribution in [3.8, 4) is 11.1 Å². The summed E-state index contributed by atoms with van der Waals surface area (Å²) in [7, 11) is 0. The van der Waals surface area contributed by atoms with Gasteiger partial charge in [-0.05, 0) is 25.3 Å². The standard InChI is InChI=1S/C19H22N6O/c1-15-18(16-6-3-2-4-7-16)11-23(22-15)12-19(26)25-9-5-8-17(25)10-24-14-20-13-21-24/h2-4,6-7,11,13-14,17H,5,8-10,12H2,1H3. The highest BCUT2D eigenvalue weighted by Gasteiger charge is 2.29. The quantitative estimate of drug-likeness (QED) is 0.707. The molecule has 3 heterocycles. The smallest absolute Gasteiger partial charge is 0.244 e. The minimum absolute atomic E-state index is 0.106. The SMILES string of the molecule is Cc1nn(CC(=O)N2CCCC2Cn2cncn2)cc1-c1ccccc1. The van der Waals surface area contributed by atoms with Gasteiger partial charge in [-0.1, -0.05) is 30.3 Å². The minimum Gasteiger partial charge on any atom is -0.336 e. The molecule has 1 fully saturated rings. The van der Waals surface area contributed by atoms with Crippen molar-refractivity contribution in [1.29, 1.82) is 0 Å². The Labute approximate surface area is 152 Å². The lowest BCUT2D eigenvalue weighted by Gasteiger charge is -2.24. The molecule has 0 aliphatic carbocycles. The van der Waals surface area contributed by atoms with E-state index in [1.54, 1.807) is 15.7 Å². The Balaban J connectivity index is 1.46. The third kappa shape index (κ3) is 3.37. The van der Waals surface area contributed by atoms with E-state index in [1.807, 2.05) is 36.2 Å². The molecule has 0 bridgehead atoms. The molecular weight excluding hydrogens is 328 g/mol. The first-order chi connectivity index (χ1) is 12.7. The van der Waals surface area contributed by atoms with Crippen LogP contribution in [0.2, 0.25) is 0 Å². The van der Waals surface area contributed by atoms with Crippen molar-refractivity contribution >= 4 is 5.91 Å². The summed E-state index contributed by atoms with van der Waals surface area (Å²) in [6.45, 7) is 3.73. The van der Waals surface area contributed by atoms with E-state index in [4.69, 9.17) is 0 Å². The maximum atomic E-state index is 12.8. The Morgan fingerprint density at radius 3 is 2.85 bits per heavy atom. The van der Waals surface area contributed by atoms with Crippen LogP contribution in [0.1, 0.15) is 18.5 Å². The maximum Gasteiger partial charge on any atom is 0.244 e. The summed E-state index contributed by atoms with van der Waals surface area (Å²) in [5.41, 5.74) is 3.12. The normalized spacial score (nSPS) is 17.0. The van der Waals surface area contributed by atoms with Crippen LogP contribution in [0.15, 0.2) is 49.2 Å². The molecular formula is C19H22N6O. The number of carbonyl (C=O) groups excluding carboxylic acids is 1. The fourth-order valence-corrected chi connectivity index (χ4v) is 3.63. The van der Waals surface area contributed by atoms with E-state index in [1.165, 1.54) is 6.33 Å². The van der Waals surface area contributed by atoms with Gasteiger partial charge in [0.15, 0.2) is 0 Å². The van der Waals surface area contributed by atoms with Crippen molar-refractivity contribution in [1.82, 2.24) is 29.4 Å². The van der Waals surface area contributed by atoms with E-state index in [9.17, 15) is 4.79 Å². The second-order valence-corrected chi connectivity index (χ2v) is 6.69. The summed E-state index contributed by atoms with van der Waals surface area (Å²) < 4.78 is 3.55. The number of amides is 1. The van der Waals surface area contributed by atoms with Gasteiger partial charge < -0.3 is 4.90 Å². The van der Waals surface area contributed by atoms with Gasteiger partial charge in [0.2, 0.25) is 5.91 Å². The van der Waals surface area contributed by atoms with E-state index in [2.05, 4.69) is 27.3 Å². The van der Waals surface area contributed by atoms with Gasteiger partial charge in [-0.15, -0.1) is 0 Å².